The third-order valence-corrected chi connectivity index (χ3v) is 5.09. The molecule has 0 bridgehead atoms. The average molecular weight is 264 g/mol. The van der Waals surface area contributed by atoms with Gasteiger partial charge in [0.15, 0.2) is 0 Å². The molecule has 86 valence electrons. The van der Waals surface area contributed by atoms with Crippen LogP contribution in [0.25, 0.3) is 0 Å². The van der Waals surface area contributed by atoms with Crippen LogP contribution >= 0.6 is 35.5 Å². The minimum absolute atomic E-state index is 0. The summed E-state index contributed by atoms with van der Waals surface area (Å²) in [5, 5.41) is 1.46. The van der Waals surface area contributed by atoms with E-state index in [4.69, 9.17) is 0 Å². The van der Waals surface area contributed by atoms with Gasteiger partial charge in [0.05, 0.1) is 9.21 Å². The van der Waals surface area contributed by atoms with Crippen molar-refractivity contribution in [2.75, 3.05) is 24.2 Å². The number of piperidine rings is 1. The van der Waals surface area contributed by atoms with Crippen LogP contribution in [0.4, 0.5) is 5.00 Å². The summed E-state index contributed by atoms with van der Waals surface area (Å²) in [5.74, 6) is 0.922. The Labute approximate surface area is 107 Å². The number of thiophene rings is 1. The van der Waals surface area contributed by atoms with E-state index in [0.717, 1.165) is 5.92 Å². The molecule has 1 aliphatic rings. The Hall–Kier alpha value is 0.140. The van der Waals surface area contributed by atoms with E-state index in [1.54, 1.807) is 0 Å². The van der Waals surface area contributed by atoms with E-state index in [2.05, 4.69) is 30.2 Å². The zero-order valence-corrected chi connectivity index (χ0v) is 11.7. The number of halogens is 1. The first kappa shape index (κ1) is 13.2. The maximum atomic E-state index is 2.53. The Bertz CT molecular complexity index is 293. The van der Waals surface area contributed by atoms with Crippen LogP contribution in [0, 0.1) is 5.92 Å². The zero-order valence-electron chi connectivity index (χ0n) is 9.23. The summed E-state index contributed by atoms with van der Waals surface area (Å²) >= 11 is 3.78. The van der Waals surface area contributed by atoms with Crippen LogP contribution in [0.5, 0.6) is 0 Å². The Balaban J connectivity index is 0.00000112. The fraction of sp³-hybridized carbons (Fsp3) is 0.636. The molecule has 1 saturated heterocycles. The Kier molecular flexibility index (Phi) is 5.30. The van der Waals surface area contributed by atoms with E-state index in [0.29, 0.717) is 0 Å². The van der Waals surface area contributed by atoms with E-state index in [9.17, 15) is 0 Å². The summed E-state index contributed by atoms with van der Waals surface area (Å²) in [7, 11) is 0. The molecule has 0 radical (unpaired) electrons. The summed E-state index contributed by atoms with van der Waals surface area (Å²) in [4.78, 5) is 2.53. The highest BCUT2D eigenvalue weighted by Gasteiger charge is 2.16. The lowest BCUT2D eigenvalue weighted by Gasteiger charge is -2.30. The summed E-state index contributed by atoms with van der Waals surface area (Å²) in [6, 6.07) is 4.51. The van der Waals surface area contributed by atoms with Gasteiger partial charge in [0.1, 0.15) is 0 Å². The van der Waals surface area contributed by atoms with Gasteiger partial charge in [-0.25, -0.2) is 0 Å². The molecule has 2 rings (SSSR count). The van der Waals surface area contributed by atoms with Gasteiger partial charge in [-0.1, -0.05) is 6.92 Å². The van der Waals surface area contributed by atoms with E-state index in [1.807, 2.05) is 23.1 Å². The van der Waals surface area contributed by atoms with Gasteiger partial charge in [0.25, 0.3) is 0 Å². The molecule has 1 aromatic heterocycles. The lowest BCUT2D eigenvalue weighted by Crippen LogP contribution is -2.31. The average Bonchev–Trinajstić information content (AvgIpc) is 2.67. The topological polar surface area (TPSA) is 3.24 Å². The number of anilines is 1. The highest BCUT2D eigenvalue weighted by atomic mass is 35.5. The summed E-state index contributed by atoms with van der Waals surface area (Å²) in [6.07, 6.45) is 4.85. The van der Waals surface area contributed by atoms with Crippen molar-refractivity contribution in [3.05, 3.63) is 12.1 Å². The fourth-order valence-corrected chi connectivity index (χ4v) is 3.40. The first-order chi connectivity index (χ1) is 6.79. The molecule has 4 heteroatoms. The second kappa shape index (κ2) is 6.02. The van der Waals surface area contributed by atoms with Gasteiger partial charge in [0, 0.05) is 13.1 Å². The second-order valence-corrected chi connectivity index (χ2v) is 6.14. The third-order valence-electron chi connectivity index (χ3n) is 2.86. The summed E-state index contributed by atoms with van der Waals surface area (Å²) in [6.45, 7) is 4.85. The molecular weight excluding hydrogens is 246 g/mol. The molecule has 0 spiro atoms. The maximum Gasteiger partial charge on any atom is 0.0920 e. The van der Waals surface area contributed by atoms with Gasteiger partial charge in [-0.15, -0.1) is 35.5 Å². The number of hydrogen-bond donors (Lipinski definition) is 0. The molecule has 1 fully saturated rings. The fourth-order valence-electron chi connectivity index (χ4n) is 1.82. The monoisotopic (exact) mass is 263 g/mol. The Morgan fingerprint density at radius 2 is 2.00 bits per heavy atom. The second-order valence-electron chi connectivity index (χ2n) is 3.97. The van der Waals surface area contributed by atoms with Crippen molar-refractivity contribution in [2.24, 2.45) is 5.92 Å². The Morgan fingerprint density at radius 1 is 1.33 bits per heavy atom. The number of nitrogens with zero attached hydrogens (tertiary/aromatic N) is 1. The minimum atomic E-state index is 0. The molecular formula is C11H18ClNS2. The van der Waals surface area contributed by atoms with Crippen molar-refractivity contribution in [3.8, 4) is 0 Å². The lowest BCUT2D eigenvalue weighted by molar-refractivity contribution is 0.440. The van der Waals surface area contributed by atoms with Crippen LogP contribution in [0.2, 0.25) is 0 Å². The van der Waals surface area contributed by atoms with Crippen LogP contribution in [0.15, 0.2) is 16.3 Å². The predicted octanol–water partition coefficient (Wildman–Crippen LogP) is 4.13. The number of hydrogen-bond acceptors (Lipinski definition) is 3. The maximum absolute atomic E-state index is 2.53. The molecule has 0 saturated carbocycles. The van der Waals surface area contributed by atoms with Gasteiger partial charge in [0.2, 0.25) is 0 Å². The van der Waals surface area contributed by atoms with Crippen LogP contribution in [0.3, 0.4) is 0 Å². The van der Waals surface area contributed by atoms with Gasteiger partial charge >= 0.3 is 0 Å². The molecule has 0 aliphatic carbocycles. The quantitative estimate of drug-likeness (QED) is 0.739. The predicted molar refractivity (Wildman–Crippen MR) is 74.0 cm³/mol. The van der Waals surface area contributed by atoms with Gasteiger partial charge in [-0.05, 0) is 37.1 Å². The molecule has 0 N–H and O–H groups in total. The lowest BCUT2D eigenvalue weighted by atomic mass is 10.00. The van der Waals surface area contributed by atoms with Crippen LogP contribution in [0.1, 0.15) is 19.8 Å². The Morgan fingerprint density at radius 3 is 2.53 bits per heavy atom. The molecule has 1 aromatic rings. The number of rotatable bonds is 2. The van der Waals surface area contributed by atoms with Gasteiger partial charge in [-0.3, -0.25) is 0 Å². The van der Waals surface area contributed by atoms with E-state index < -0.39 is 0 Å². The summed E-state index contributed by atoms with van der Waals surface area (Å²) in [5.41, 5.74) is 0. The summed E-state index contributed by atoms with van der Waals surface area (Å²) < 4.78 is 1.43. The highest BCUT2D eigenvalue weighted by molar-refractivity contribution is 8.00. The van der Waals surface area contributed by atoms with Crippen molar-refractivity contribution in [3.63, 3.8) is 0 Å². The zero-order chi connectivity index (χ0) is 9.97. The first-order valence-electron chi connectivity index (χ1n) is 5.18. The van der Waals surface area contributed by atoms with E-state index in [-0.39, 0.29) is 12.4 Å². The van der Waals surface area contributed by atoms with E-state index >= 15 is 0 Å². The van der Waals surface area contributed by atoms with Crippen molar-refractivity contribution in [1.82, 2.24) is 0 Å². The van der Waals surface area contributed by atoms with Crippen molar-refractivity contribution in [1.29, 1.82) is 0 Å². The standard InChI is InChI=1S/C11H17NS2.ClH/c1-9-5-7-12(8-6-9)10-3-4-11(13-2)14-10;/h3-4,9H,5-8H2,1-2H3;1H. The molecule has 0 atom stereocenters. The third kappa shape index (κ3) is 3.30. The number of thioether (sulfide) groups is 1. The van der Waals surface area contributed by atoms with Crippen molar-refractivity contribution in [2.45, 2.75) is 24.0 Å². The normalized spacial score (nSPS) is 17.6. The van der Waals surface area contributed by atoms with Crippen LogP contribution < -0.4 is 4.90 Å². The molecule has 2 heterocycles. The molecule has 1 nitrogen and oxygen atoms in total. The van der Waals surface area contributed by atoms with Crippen LogP contribution in [-0.2, 0) is 0 Å². The van der Waals surface area contributed by atoms with Crippen LogP contribution in [-0.4, -0.2) is 19.3 Å². The highest BCUT2D eigenvalue weighted by Crippen LogP contribution is 2.33. The molecule has 1 aliphatic heterocycles. The largest absolute Gasteiger partial charge is 0.363 e. The van der Waals surface area contributed by atoms with Crippen molar-refractivity contribution < 1.29 is 0 Å². The molecule has 0 unspecified atom stereocenters. The first-order valence-corrected chi connectivity index (χ1v) is 7.22. The minimum Gasteiger partial charge on any atom is -0.363 e. The molecule has 15 heavy (non-hydrogen) atoms. The van der Waals surface area contributed by atoms with E-state index in [1.165, 1.54) is 35.1 Å². The SMILES string of the molecule is CSc1ccc(N2CCC(C)CC2)s1.Cl. The molecule has 0 amide bonds. The molecule has 0 aromatic carbocycles. The van der Waals surface area contributed by atoms with Gasteiger partial charge in [-0.2, -0.15) is 0 Å². The van der Waals surface area contributed by atoms with Crippen molar-refractivity contribution >= 4 is 40.5 Å². The smallest absolute Gasteiger partial charge is 0.0920 e. The van der Waals surface area contributed by atoms with Gasteiger partial charge < -0.3 is 4.90 Å².